The molecule has 1 aliphatic rings. The van der Waals surface area contributed by atoms with Crippen LogP contribution < -0.4 is 10.9 Å². The van der Waals surface area contributed by atoms with Gasteiger partial charge in [0.1, 0.15) is 5.82 Å². The average molecular weight is 389 g/mol. The van der Waals surface area contributed by atoms with Crippen LogP contribution in [0.25, 0.3) is 10.9 Å². The minimum absolute atomic E-state index is 0.00877. The molecule has 0 fully saturated rings. The quantitative estimate of drug-likeness (QED) is 0.716. The number of benzene rings is 2. The van der Waals surface area contributed by atoms with Gasteiger partial charge < -0.3 is 5.32 Å². The molecule has 0 aliphatic carbocycles. The maximum atomic E-state index is 13.0. The topological polar surface area (TPSA) is 64.0 Å². The molecule has 150 valence electrons. The first kappa shape index (κ1) is 19.4. The molecule has 0 bridgehead atoms. The van der Waals surface area contributed by atoms with E-state index in [2.05, 4.69) is 55.3 Å². The van der Waals surface area contributed by atoms with Crippen molar-refractivity contribution >= 4 is 16.8 Å². The molecule has 0 unspecified atom stereocenters. The highest BCUT2D eigenvalue weighted by atomic mass is 16.1. The largest absolute Gasteiger partial charge is 0.345 e. The highest BCUT2D eigenvalue weighted by Gasteiger charge is 2.21. The molecule has 1 aromatic heterocycles. The van der Waals surface area contributed by atoms with Crippen LogP contribution in [0.4, 0.5) is 0 Å². The summed E-state index contributed by atoms with van der Waals surface area (Å²) < 4.78 is 1.75. The fraction of sp³-hybridized carbons (Fsp3) is 0.375. The van der Waals surface area contributed by atoms with Gasteiger partial charge in [-0.1, -0.05) is 45.0 Å². The van der Waals surface area contributed by atoms with Crippen LogP contribution >= 0.6 is 0 Å². The second kappa shape index (κ2) is 7.82. The Labute approximate surface area is 170 Å². The molecule has 1 aliphatic heterocycles. The van der Waals surface area contributed by atoms with Crippen molar-refractivity contribution in [1.29, 1.82) is 0 Å². The number of hydrogen-bond acceptors (Lipinski definition) is 3. The highest BCUT2D eigenvalue weighted by molar-refractivity contribution is 5.97. The van der Waals surface area contributed by atoms with Gasteiger partial charge in [0, 0.05) is 18.5 Å². The molecule has 1 amide bonds. The summed E-state index contributed by atoms with van der Waals surface area (Å²) in [4.78, 5) is 30.3. The smallest absolute Gasteiger partial charge is 0.261 e. The molecule has 5 nitrogen and oxygen atoms in total. The number of amides is 1. The van der Waals surface area contributed by atoms with Gasteiger partial charge in [-0.25, -0.2) is 4.98 Å². The molecule has 0 radical (unpaired) electrons. The van der Waals surface area contributed by atoms with Crippen molar-refractivity contribution in [1.82, 2.24) is 14.9 Å². The summed E-state index contributed by atoms with van der Waals surface area (Å²) in [5.74, 6) is 0.918. The number of nitrogens with one attached hydrogen (secondary N) is 1. The highest BCUT2D eigenvalue weighted by Crippen LogP contribution is 2.23. The van der Waals surface area contributed by atoms with E-state index in [9.17, 15) is 9.59 Å². The van der Waals surface area contributed by atoms with Gasteiger partial charge in [0.05, 0.1) is 16.9 Å². The summed E-state index contributed by atoms with van der Waals surface area (Å²) in [6.45, 7) is 7.06. The van der Waals surface area contributed by atoms with Crippen LogP contribution in [-0.2, 0) is 19.4 Å². The van der Waals surface area contributed by atoms with E-state index in [1.807, 2.05) is 0 Å². The normalized spacial score (nSPS) is 14.2. The Morgan fingerprint density at radius 2 is 1.93 bits per heavy atom. The van der Waals surface area contributed by atoms with Gasteiger partial charge in [0.2, 0.25) is 0 Å². The summed E-state index contributed by atoms with van der Waals surface area (Å²) in [7, 11) is 0. The van der Waals surface area contributed by atoms with Crippen LogP contribution in [0, 0.1) is 5.92 Å². The van der Waals surface area contributed by atoms with Gasteiger partial charge in [-0.3, -0.25) is 14.2 Å². The van der Waals surface area contributed by atoms with E-state index in [1.165, 1.54) is 5.56 Å². The lowest BCUT2D eigenvalue weighted by atomic mass is 9.94. The van der Waals surface area contributed by atoms with E-state index in [0.29, 0.717) is 16.5 Å². The van der Waals surface area contributed by atoms with Crippen molar-refractivity contribution in [3.05, 3.63) is 75.3 Å². The SMILES string of the molecule is CCc1ccc([C@@H](NC(=O)c2ccc3c(=O)n4c(nc3c2)CCC4)C(C)C)cc1. The third-order valence-corrected chi connectivity index (χ3v) is 5.78. The number of aryl methyl sites for hydroxylation is 2. The van der Waals surface area contributed by atoms with Gasteiger partial charge in [0.15, 0.2) is 0 Å². The molecule has 4 rings (SSSR count). The van der Waals surface area contributed by atoms with Crippen molar-refractivity contribution in [2.24, 2.45) is 5.92 Å². The van der Waals surface area contributed by atoms with Crippen LogP contribution in [0.15, 0.2) is 47.3 Å². The third-order valence-electron chi connectivity index (χ3n) is 5.78. The van der Waals surface area contributed by atoms with E-state index in [0.717, 1.165) is 37.2 Å². The zero-order valence-electron chi connectivity index (χ0n) is 17.2. The lowest BCUT2D eigenvalue weighted by Gasteiger charge is -2.23. The third kappa shape index (κ3) is 3.69. The molecule has 1 N–H and O–H groups in total. The van der Waals surface area contributed by atoms with Crippen LogP contribution in [0.2, 0.25) is 0 Å². The van der Waals surface area contributed by atoms with Gasteiger partial charge in [-0.15, -0.1) is 0 Å². The minimum atomic E-state index is -0.146. The maximum absolute atomic E-state index is 13.0. The summed E-state index contributed by atoms with van der Waals surface area (Å²) in [6.07, 6.45) is 2.75. The van der Waals surface area contributed by atoms with Crippen molar-refractivity contribution in [2.45, 2.75) is 52.6 Å². The number of fused-ring (bicyclic) bond motifs is 2. The molecule has 0 saturated heterocycles. The lowest BCUT2D eigenvalue weighted by Crippen LogP contribution is -2.32. The van der Waals surface area contributed by atoms with E-state index in [4.69, 9.17) is 0 Å². The number of hydrogen-bond donors (Lipinski definition) is 1. The predicted octanol–water partition coefficient (Wildman–Crippen LogP) is 4.03. The molecular formula is C24H27N3O2. The zero-order chi connectivity index (χ0) is 20.5. The number of carbonyl (C=O) groups excluding carboxylic acids is 1. The first-order valence-electron chi connectivity index (χ1n) is 10.4. The first-order chi connectivity index (χ1) is 14.0. The van der Waals surface area contributed by atoms with Crippen LogP contribution in [-0.4, -0.2) is 15.5 Å². The Morgan fingerprint density at radius 1 is 1.17 bits per heavy atom. The Hall–Kier alpha value is -2.95. The van der Waals surface area contributed by atoms with E-state index in [-0.39, 0.29) is 23.4 Å². The first-order valence-corrected chi connectivity index (χ1v) is 10.4. The number of aromatic nitrogens is 2. The molecule has 0 spiro atoms. The fourth-order valence-electron chi connectivity index (χ4n) is 4.05. The summed E-state index contributed by atoms with van der Waals surface area (Å²) in [5.41, 5.74) is 3.50. The van der Waals surface area contributed by atoms with Crippen molar-refractivity contribution < 1.29 is 4.79 Å². The minimum Gasteiger partial charge on any atom is -0.345 e. The second-order valence-corrected chi connectivity index (χ2v) is 8.11. The molecule has 5 heteroatoms. The zero-order valence-corrected chi connectivity index (χ0v) is 17.2. The second-order valence-electron chi connectivity index (χ2n) is 8.11. The number of rotatable bonds is 5. The Balaban J connectivity index is 1.63. The van der Waals surface area contributed by atoms with Crippen LogP contribution in [0.1, 0.15) is 60.5 Å². The molecular weight excluding hydrogens is 362 g/mol. The molecule has 1 atom stereocenters. The van der Waals surface area contributed by atoms with Gasteiger partial charge in [-0.2, -0.15) is 0 Å². The van der Waals surface area contributed by atoms with Gasteiger partial charge in [0.25, 0.3) is 11.5 Å². The summed E-state index contributed by atoms with van der Waals surface area (Å²) in [6, 6.07) is 13.5. The molecule has 0 saturated carbocycles. The Morgan fingerprint density at radius 3 is 2.62 bits per heavy atom. The van der Waals surface area contributed by atoms with Crippen molar-refractivity contribution in [2.75, 3.05) is 0 Å². The molecule has 3 aromatic rings. The van der Waals surface area contributed by atoms with E-state index >= 15 is 0 Å². The standard InChI is InChI=1S/C24H27N3O2/c1-4-16-7-9-17(10-8-16)22(15(2)3)26-23(28)18-11-12-19-20(14-18)25-21-6-5-13-27(21)24(19)29/h7-12,14-15,22H,4-6,13H2,1-3H3,(H,26,28)/t22-/m0/s1. The molecule has 2 aromatic carbocycles. The Bertz CT molecular complexity index is 1110. The lowest BCUT2D eigenvalue weighted by molar-refractivity contribution is 0.0925. The van der Waals surface area contributed by atoms with Crippen molar-refractivity contribution in [3.63, 3.8) is 0 Å². The number of nitrogens with zero attached hydrogens (tertiary/aromatic N) is 2. The summed E-state index contributed by atoms with van der Waals surface area (Å²) in [5, 5.41) is 3.74. The number of carbonyl (C=O) groups is 1. The van der Waals surface area contributed by atoms with Gasteiger partial charge in [-0.05, 0) is 48.1 Å². The average Bonchev–Trinajstić information content (AvgIpc) is 3.20. The van der Waals surface area contributed by atoms with Gasteiger partial charge >= 0.3 is 0 Å². The molecule has 29 heavy (non-hydrogen) atoms. The maximum Gasteiger partial charge on any atom is 0.261 e. The van der Waals surface area contributed by atoms with E-state index in [1.54, 1.807) is 22.8 Å². The summed E-state index contributed by atoms with van der Waals surface area (Å²) >= 11 is 0. The van der Waals surface area contributed by atoms with E-state index < -0.39 is 0 Å². The van der Waals surface area contributed by atoms with Crippen LogP contribution in [0.3, 0.4) is 0 Å². The Kier molecular flexibility index (Phi) is 5.22. The predicted molar refractivity (Wildman–Crippen MR) is 115 cm³/mol. The van der Waals surface area contributed by atoms with Crippen molar-refractivity contribution in [3.8, 4) is 0 Å². The fourth-order valence-corrected chi connectivity index (χ4v) is 4.05. The van der Waals surface area contributed by atoms with Crippen LogP contribution in [0.5, 0.6) is 0 Å². The molecule has 2 heterocycles. The monoisotopic (exact) mass is 389 g/mol.